The molecule has 0 aliphatic carbocycles. The van der Waals surface area contributed by atoms with Crippen LogP contribution >= 0.6 is 7.59 Å². The van der Waals surface area contributed by atoms with Gasteiger partial charge in [-0.3, -0.25) is 14.9 Å². The van der Waals surface area contributed by atoms with Gasteiger partial charge in [0.05, 0.1) is 0 Å². The van der Waals surface area contributed by atoms with Crippen molar-refractivity contribution in [3.63, 3.8) is 0 Å². The van der Waals surface area contributed by atoms with Crippen molar-refractivity contribution in [1.82, 2.24) is 15.1 Å². The van der Waals surface area contributed by atoms with Crippen LogP contribution in [0.5, 0.6) is 0 Å². The number of rotatable bonds is 25. The first kappa shape index (κ1) is 34.6. The van der Waals surface area contributed by atoms with Gasteiger partial charge in [0.2, 0.25) is 5.91 Å². The van der Waals surface area contributed by atoms with E-state index in [9.17, 15) is 9.36 Å². The lowest BCUT2D eigenvalue weighted by Crippen LogP contribution is -2.41. The fraction of sp³-hybridized carbons (Fsp3) is 0.964. The quantitative estimate of drug-likeness (QED) is 0.0847. The molecule has 1 amide bonds. The second-order valence-electron chi connectivity index (χ2n) is 10.9. The van der Waals surface area contributed by atoms with Gasteiger partial charge < -0.3 is 5.32 Å². The van der Waals surface area contributed by atoms with Crippen LogP contribution in [0.2, 0.25) is 0 Å². The normalized spacial score (nSPS) is 13.6. The molecule has 0 aromatic heterocycles. The second kappa shape index (κ2) is 22.8. The predicted octanol–water partition coefficient (Wildman–Crippen LogP) is 7.92. The maximum absolute atomic E-state index is 12.8. The minimum absolute atomic E-state index is 0.140. The lowest BCUT2D eigenvalue weighted by molar-refractivity contribution is -0.121. The zero-order valence-electron chi connectivity index (χ0n) is 24.1. The molecule has 0 saturated carbocycles. The number of hydrogen-bond acceptors (Lipinski definition) is 2. The van der Waals surface area contributed by atoms with Crippen LogP contribution in [0.3, 0.4) is 0 Å². The number of hydrogen-bond donors (Lipinski definition) is 3. The SMILES string of the molecule is CCCCCCCCCCCCCCCC(=O)NCCCCCCNP(N)(=O)N(C(C)C)C(C)C. The Hall–Kier alpha value is -0.420. The van der Waals surface area contributed by atoms with Gasteiger partial charge in [-0.1, -0.05) is 96.8 Å². The molecule has 210 valence electrons. The Labute approximate surface area is 218 Å². The molecule has 0 aromatic carbocycles. The third-order valence-electron chi connectivity index (χ3n) is 6.67. The Kier molecular flexibility index (Phi) is 22.5. The molecule has 0 bridgehead atoms. The van der Waals surface area contributed by atoms with Crippen LogP contribution in [-0.4, -0.2) is 35.8 Å². The van der Waals surface area contributed by atoms with Crippen molar-refractivity contribution in [2.75, 3.05) is 13.1 Å². The first-order valence-corrected chi connectivity index (χ1v) is 16.6. The third kappa shape index (κ3) is 20.3. The average molecular weight is 517 g/mol. The summed E-state index contributed by atoms with van der Waals surface area (Å²) in [6.07, 6.45) is 22.0. The Morgan fingerprint density at radius 3 is 1.54 bits per heavy atom. The summed E-state index contributed by atoms with van der Waals surface area (Å²) in [7, 11) is -2.99. The van der Waals surface area contributed by atoms with E-state index >= 15 is 0 Å². The highest BCUT2D eigenvalue weighted by Gasteiger charge is 2.30. The molecule has 0 saturated heterocycles. The molecule has 1 unspecified atom stereocenters. The lowest BCUT2D eigenvalue weighted by atomic mass is 10.0. The Bertz CT molecular complexity index is 535. The fourth-order valence-electron chi connectivity index (χ4n) is 4.83. The number of amides is 1. The van der Waals surface area contributed by atoms with Crippen molar-refractivity contribution in [3.05, 3.63) is 0 Å². The van der Waals surface area contributed by atoms with Crippen LogP contribution in [0.1, 0.15) is 150 Å². The van der Waals surface area contributed by atoms with Crippen LogP contribution < -0.4 is 15.9 Å². The molecule has 4 N–H and O–H groups in total. The van der Waals surface area contributed by atoms with Crippen LogP contribution in [-0.2, 0) is 9.36 Å². The smallest absolute Gasteiger partial charge is 0.279 e. The van der Waals surface area contributed by atoms with E-state index in [4.69, 9.17) is 5.50 Å². The minimum Gasteiger partial charge on any atom is -0.356 e. The van der Waals surface area contributed by atoms with E-state index in [1.165, 1.54) is 77.0 Å². The number of carbonyl (C=O) groups is 1. The molecule has 0 radical (unpaired) electrons. The van der Waals surface area contributed by atoms with Gasteiger partial charge in [-0.05, 0) is 47.0 Å². The first-order chi connectivity index (χ1) is 16.7. The number of nitrogens with one attached hydrogen (secondary N) is 2. The van der Waals surface area contributed by atoms with Crippen molar-refractivity contribution in [2.45, 2.75) is 162 Å². The van der Waals surface area contributed by atoms with E-state index < -0.39 is 7.59 Å². The standard InChI is InChI=1S/C28H61N4O2P/c1-6-7-8-9-10-11-12-13-14-15-16-17-20-23-28(33)30-24-21-18-19-22-25-31-35(29,34)32(26(2)3)27(4)5/h26-27H,6-25H2,1-5H3,(H,30,33)(H3,29,31,34). The molecule has 0 aliphatic heterocycles. The number of carbonyl (C=O) groups excluding carboxylic acids is 1. The molecular formula is C28H61N4O2P. The van der Waals surface area contributed by atoms with Crippen LogP contribution in [0.15, 0.2) is 0 Å². The van der Waals surface area contributed by atoms with Gasteiger partial charge in [0, 0.05) is 31.6 Å². The molecule has 0 spiro atoms. The van der Waals surface area contributed by atoms with Crippen molar-refractivity contribution in [3.8, 4) is 0 Å². The van der Waals surface area contributed by atoms with Crippen molar-refractivity contribution in [1.29, 1.82) is 0 Å². The summed E-state index contributed by atoms with van der Waals surface area (Å²) < 4.78 is 14.7. The van der Waals surface area contributed by atoms with Crippen LogP contribution in [0.25, 0.3) is 0 Å². The van der Waals surface area contributed by atoms with Gasteiger partial charge in [-0.25, -0.2) is 9.76 Å². The van der Waals surface area contributed by atoms with Gasteiger partial charge in [-0.15, -0.1) is 0 Å². The number of nitrogens with two attached hydrogens (primary N) is 1. The molecule has 0 aliphatic rings. The average Bonchev–Trinajstić information content (AvgIpc) is 2.77. The maximum atomic E-state index is 12.8. The zero-order valence-corrected chi connectivity index (χ0v) is 25.0. The highest BCUT2D eigenvalue weighted by molar-refractivity contribution is 7.56. The summed E-state index contributed by atoms with van der Waals surface area (Å²) in [4.78, 5) is 12.0. The van der Waals surface area contributed by atoms with E-state index in [2.05, 4.69) is 17.3 Å². The van der Waals surface area contributed by atoms with Gasteiger partial charge >= 0.3 is 0 Å². The Balaban J connectivity index is 3.49. The molecule has 7 heteroatoms. The van der Waals surface area contributed by atoms with Crippen molar-refractivity contribution in [2.24, 2.45) is 5.50 Å². The summed E-state index contributed by atoms with van der Waals surface area (Å²) in [5.74, 6) is 0.196. The van der Waals surface area contributed by atoms with E-state index in [1.807, 2.05) is 32.4 Å². The molecule has 0 fully saturated rings. The summed E-state index contributed by atoms with van der Waals surface area (Å²) >= 11 is 0. The minimum atomic E-state index is -2.99. The highest BCUT2D eigenvalue weighted by Crippen LogP contribution is 2.40. The van der Waals surface area contributed by atoms with E-state index in [0.717, 1.165) is 38.6 Å². The van der Waals surface area contributed by atoms with Gasteiger partial charge in [0.1, 0.15) is 0 Å². The number of nitrogens with zero attached hydrogens (tertiary/aromatic N) is 1. The topological polar surface area (TPSA) is 87.5 Å². The maximum Gasteiger partial charge on any atom is 0.279 e. The summed E-state index contributed by atoms with van der Waals surface area (Å²) in [5.41, 5.74) is 6.09. The lowest BCUT2D eigenvalue weighted by Gasteiger charge is -2.35. The molecule has 1 atom stereocenters. The molecule has 35 heavy (non-hydrogen) atoms. The van der Waals surface area contributed by atoms with Crippen LogP contribution in [0, 0.1) is 0 Å². The number of unbranched alkanes of at least 4 members (excludes halogenated alkanes) is 15. The molecule has 0 rings (SSSR count). The largest absolute Gasteiger partial charge is 0.356 e. The summed E-state index contributed by atoms with van der Waals surface area (Å²) in [6.45, 7) is 11.8. The molecular weight excluding hydrogens is 455 g/mol. The van der Waals surface area contributed by atoms with Crippen LogP contribution in [0.4, 0.5) is 0 Å². The summed E-state index contributed by atoms with van der Waals surface area (Å²) in [5, 5.41) is 6.13. The van der Waals surface area contributed by atoms with E-state index in [1.54, 1.807) is 0 Å². The van der Waals surface area contributed by atoms with Crippen molar-refractivity contribution >= 4 is 13.5 Å². The molecule has 0 heterocycles. The van der Waals surface area contributed by atoms with Gasteiger partial charge in [0.25, 0.3) is 7.59 Å². The Morgan fingerprint density at radius 1 is 0.686 bits per heavy atom. The highest BCUT2D eigenvalue weighted by atomic mass is 31.2. The third-order valence-corrected chi connectivity index (χ3v) is 8.96. The summed E-state index contributed by atoms with van der Waals surface area (Å²) in [6, 6.07) is 0.281. The molecule has 6 nitrogen and oxygen atoms in total. The van der Waals surface area contributed by atoms with Crippen molar-refractivity contribution < 1.29 is 9.36 Å². The monoisotopic (exact) mass is 516 g/mol. The zero-order chi connectivity index (χ0) is 26.4. The Morgan fingerprint density at radius 2 is 1.09 bits per heavy atom. The van der Waals surface area contributed by atoms with Gasteiger partial charge in [0.15, 0.2) is 0 Å². The fourth-order valence-corrected chi connectivity index (χ4v) is 6.84. The molecule has 0 aromatic rings. The van der Waals surface area contributed by atoms with E-state index in [-0.39, 0.29) is 18.0 Å². The van der Waals surface area contributed by atoms with E-state index in [0.29, 0.717) is 13.0 Å². The second-order valence-corrected chi connectivity index (χ2v) is 12.9. The predicted molar refractivity (Wildman–Crippen MR) is 154 cm³/mol. The van der Waals surface area contributed by atoms with Gasteiger partial charge in [-0.2, -0.15) is 0 Å². The first-order valence-electron chi connectivity index (χ1n) is 14.9.